The Hall–Kier alpha value is -2.05. The van der Waals surface area contributed by atoms with E-state index in [2.05, 4.69) is 4.98 Å². The van der Waals surface area contributed by atoms with E-state index in [1.807, 2.05) is 0 Å². The molecule has 1 aromatic heterocycles. The number of carbonyl (C=O) groups excluding carboxylic acids is 1. The maximum atomic E-state index is 12.6. The largest absolute Gasteiger partial charge is 0.449 e. The van der Waals surface area contributed by atoms with Gasteiger partial charge < -0.3 is 10.3 Å². The smallest absolute Gasteiger partial charge is 0.366 e. The molecule has 0 radical (unpaired) electrons. The molecule has 0 unspecified atom stereocenters. The van der Waals surface area contributed by atoms with Gasteiger partial charge in [-0.2, -0.15) is 13.2 Å². The van der Waals surface area contributed by atoms with Crippen molar-refractivity contribution in [3.8, 4) is 0 Å². The number of carbonyl (C=O) groups is 1. The molecule has 17 heavy (non-hydrogen) atoms. The van der Waals surface area contributed by atoms with Crippen LogP contribution in [-0.4, -0.2) is 15.5 Å². The summed E-state index contributed by atoms with van der Waals surface area (Å²) in [6, 6.07) is 4.00. The minimum Gasteiger partial charge on any atom is -0.366 e. The van der Waals surface area contributed by atoms with Crippen LogP contribution in [0, 0.1) is 0 Å². The van der Waals surface area contributed by atoms with Crippen LogP contribution in [0.2, 0.25) is 0 Å². The second-order valence-electron chi connectivity index (χ2n) is 3.56. The third-order valence-electron chi connectivity index (χ3n) is 2.42. The van der Waals surface area contributed by atoms with Gasteiger partial charge in [0, 0.05) is 12.6 Å². The molecule has 0 aliphatic rings. The van der Waals surface area contributed by atoms with Crippen LogP contribution in [0.5, 0.6) is 0 Å². The Morgan fingerprint density at radius 2 is 2.06 bits per heavy atom. The van der Waals surface area contributed by atoms with Crippen LogP contribution >= 0.6 is 0 Å². The molecule has 0 fully saturated rings. The molecular weight excluding hydrogens is 235 g/mol. The van der Waals surface area contributed by atoms with Crippen molar-refractivity contribution in [3.63, 3.8) is 0 Å². The third kappa shape index (κ3) is 1.83. The molecule has 0 saturated heterocycles. The fourth-order valence-electron chi connectivity index (χ4n) is 1.61. The zero-order chi connectivity index (χ0) is 12.8. The fourth-order valence-corrected chi connectivity index (χ4v) is 1.61. The molecule has 2 rings (SSSR count). The molecule has 7 heteroatoms. The van der Waals surface area contributed by atoms with Gasteiger partial charge in [0.05, 0.1) is 11.0 Å². The average Bonchev–Trinajstić information content (AvgIpc) is 2.55. The number of aromatic nitrogens is 2. The highest BCUT2D eigenvalue weighted by Gasteiger charge is 2.36. The van der Waals surface area contributed by atoms with Crippen molar-refractivity contribution >= 4 is 16.9 Å². The normalized spacial score (nSPS) is 12.0. The predicted molar refractivity (Wildman–Crippen MR) is 54.2 cm³/mol. The third-order valence-corrected chi connectivity index (χ3v) is 2.42. The number of hydrogen-bond acceptors (Lipinski definition) is 2. The quantitative estimate of drug-likeness (QED) is 0.828. The lowest BCUT2D eigenvalue weighted by molar-refractivity contribution is -0.146. The number of amides is 1. The molecule has 90 valence electrons. The van der Waals surface area contributed by atoms with E-state index in [4.69, 9.17) is 5.73 Å². The topological polar surface area (TPSA) is 60.9 Å². The number of hydrogen-bond donors (Lipinski definition) is 1. The summed E-state index contributed by atoms with van der Waals surface area (Å²) in [5.41, 5.74) is 5.56. The zero-order valence-corrected chi connectivity index (χ0v) is 8.75. The summed E-state index contributed by atoms with van der Waals surface area (Å²) >= 11 is 0. The molecular formula is C10H8F3N3O. The number of imidazole rings is 1. The number of aryl methyl sites for hydroxylation is 1. The van der Waals surface area contributed by atoms with Gasteiger partial charge in [0.2, 0.25) is 11.7 Å². The van der Waals surface area contributed by atoms with E-state index >= 15 is 0 Å². The van der Waals surface area contributed by atoms with Gasteiger partial charge in [-0.05, 0) is 18.2 Å². The molecule has 2 aromatic rings. The van der Waals surface area contributed by atoms with Crippen molar-refractivity contribution in [1.29, 1.82) is 0 Å². The van der Waals surface area contributed by atoms with Crippen LogP contribution in [0.4, 0.5) is 13.2 Å². The number of rotatable bonds is 1. The van der Waals surface area contributed by atoms with Gasteiger partial charge in [-0.1, -0.05) is 0 Å². The van der Waals surface area contributed by atoms with Crippen LogP contribution in [0.1, 0.15) is 16.2 Å². The van der Waals surface area contributed by atoms with Crippen LogP contribution in [0.3, 0.4) is 0 Å². The Balaban J connectivity index is 2.70. The van der Waals surface area contributed by atoms with Gasteiger partial charge in [-0.25, -0.2) is 4.98 Å². The first-order valence-electron chi connectivity index (χ1n) is 4.64. The lowest BCUT2D eigenvalue weighted by atomic mass is 10.2. The van der Waals surface area contributed by atoms with Crippen molar-refractivity contribution < 1.29 is 18.0 Å². The minimum atomic E-state index is -4.53. The Morgan fingerprint density at radius 1 is 1.41 bits per heavy atom. The van der Waals surface area contributed by atoms with E-state index in [9.17, 15) is 18.0 Å². The number of primary amides is 1. The molecule has 0 spiro atoms. The van der Waals surface area contributed by atoms with E-state index < -0.39 is 17.9 Å². The summed E-state index contributed by atoms with van der Waals surface area (Å²) in [5.74, 6) is -1.71. The number of fused-ring (bicyclic) bond motifs is 1. The number of nitrogens with zero attached hydrogens (tertiary/aromatic N) is 2. The van der Waals surface area contributed by atoms with E-state index in [1.165, 1.54) is 25.2 Å². The van der Waals surface area contributed by atoms with E-state index in [0.29, 0.717) is 5.52 Å². The summed E-state index contributed by atoms with van der Waals surface area (Å²) in [6.07, 6.45) is -4.53. The molecule has 0 aliphatic heterocycles. The molecule has 0 bridgehead atoms. The fraction of sp³-hybridized carbons (Fsp3) is 0.200. The van der Waals surface area contributed by atoms with E-state index in [1.54, 1.807) is 0 Å². The Bertz CT molecular complexity index is 601. The highest BCUT2D eigenvalue weighted by atomic mass is 19.4. The lowest BCUT2D eigenvalue weighted by Crippen LogP contribution is -2.12. The number of halogens is 3. The maximum absolute atomic E-state index is 12.6. The van der Waals surface area contributed by atoms with Crippen molar-refractivity contribution in [3.05, 3.63) is 29.6 Å². The number of nitrogens with two attached hydrogens (primary N) is 1. The molecule has 1 amide bonds. The highest BCUT2D eigenvalue weighted by molar-refractivity contribution is 5.96. The monoisotopic (exact) mass is 243 g/mol. The number of benzene rings is 1. The average molecular weight is 243 g/mol. The van der Waals surface area contributed by atoms with Crippen LogP contribution in [-0.2, 0) is 13.2 Å². The first kappa shape index (κ1) is 11.4. The van der Waals surface area contributed by atoms with Crippen LogP contribution in [0.15, 0.2) is 18.2 Å². The summed E-state index contributed by atoms with van der Waals surface area (Å²) in [5, 5.41) is 0. The number of alkyl halides is 3. The SMILES string of the molecule is Cn1c(C(F)(F)F)nc2cc(C(N)=O)ccc21. The minimum absolute atomic E-state index is 0.0936. The molecule has 0 saturated carbocycles. The standard InChI is InChI=1S/C10H8F3N3O/c1-16-7-3-2-5(8(14)17)4-6(7)15-9(16)10(11,12)13/h2-4H,1H3,(H2,14,17). The van der Waals surface area contributed by atoms with Crippen LogP contribution < -0.4 is 5.73 Å². The van der Waals surface area contributed by atoms with E-state index in [0.717, 1.165) is 4.57 Å². The second-order valence-corrected chi connectivity index (χ2v) is 3.56. The van der Waals surface area contributed by atoms with Crippen molar-refractivity contribution in [2.45, 2.75) is 6.18 Å². The summed E-state index contributed by atoms with van der Waals surface area (Å²) in [4.78, 5) is 14.4. The highest BCUT2D eigenvalue weighted by Crippen LogP contribution is 2.30. The van der Waals surface area contributed by atoms with Gasteiger partial charge in [0.25, 0.3) is 0 Å². The van der Waals surface area contributed by atoms with Gasteiger partial charge in [-0.3, -0.25) is 4.79 Å². The molecule has 1 heterocycles. The Kier molecular flexibility index (Phi) is 2.34. The van der Waals surface area contributed by atoms with Gasteiger partial charge in [0.1, 0.15) is 0 Å². The second kappa shape index (κ2) is 3.47. The van der Waals surface area contributed by atoms with Crippen LogP contribution in [0.25, 0.3) is 11.0 Å². The Labute approximate surface area is 93.8 Å². The molecule has 0 aliphatic carbocycles. The van der Waals surface area contributed by atoms with Gasteiger partial charge >= 0.3 is 6.18 Å². The van der Waals surface area contributed by atoms with Gasteiger partial charge in [-0.15, -0.1) is 0 Å². The Morgan fingerprint density at radius 3 is 2.59 bits per heavy atom. The molecule has 1 aromatic carbocycles. The van der Waals surface area contributed by atoms with Gasteiger partial charge in [0.15, 0.2) is 0 Å². The van der Waals surface area contributed by atoms with E-state index in [-0.39, 0.29) is 11.1 Å². The first-order chi connectivity index (χ1) is 7.80. The van der Waals surface area contributed by atoms with Crippen molar-refractivity contribution in [2.75, 3.05) is 0 Å². The van der Waals surface area contributed by atoms with Crippen molar-refractivity contribution in [2.24, 2.45) is 12.8 Å². The zero-order valence-electron chi connectivity index (χ0n) is 8.75. The molecule has 0 atom stereocenters. The predicted octanol–water partition coefficient (Wildman–Crippen LogP) is 1.69. The maximum Gasteiger partial charge on any atom is 0.449 e. The summed E-state index contributed by atoms with van der Waals surface area (Å²) in [6.45, 7) is 0. The summed E-state index contributed by atoms with van der Waals surface area (Å²) < 4.78 is 38.6. The lowest BCUT2D eigenvalue weighted by Gasteiger charge is -2.05. The first-order valence-corrected chi connectivity index (χ1v) is 4.64. The summed E-state index contributed by atoms with van der Waals surface area (Å²) in [7, 11) is 1.27. The van der Waals surface area contributed by atoms with Crippen molar-refractivity contribution in [1.82, 2.24) is 9.55 Å². The molecule has 4 nitrogen and oxygen atoms in total. The molecule has 2 N–H and O–H groups in total.